The zero-order chi connectivity index (χ0) is 14.3. The molecule has 0 amide bonds. The molecule has 0 aromatic carbocycles. The van der Waals surface area contributed by atoms with Gasteiger partial charge in [-0.25, -0.2) is 4.79 Å². The molecule has 106 valence electrons. The Kier molecular flexibility index (Phi) is 3.59. The number of hydrogen-bond acceptors (Lipinski definition) is 6. The molecule has 2 heterocycles. The molecule has 1 aliphatic rings. The summed E-state index contributed by atoms with van der Waals surface area (Å²) in [7, 11) is 2.78. The Labute approximate surface area is 108 Å². The van der Waals surface area contributed by atoms with Gasteiger partial charge in [-0.1, -0.05) is 0 Å². The highest BCUT2D eigenvalue weighted by molar-refractivity contribution is 5.14. The Hall–Kier alpha value is -1.48. The third kappa shape index (κ3) is 2.12. The van der Waals surface area contributed by atoms with Crippen molar-refractivity contribution in [3.63, 3.8) is 0 Å². The molecule has 4 atom stereocenters. The van der Waals surface area contributed by atoms with Crippen LogP contribution in [0.25, 0.3) is 0 Å². The van der Waals surface area contributed by atoms with E-state index in [4.69, 9.17) is 9.84 Å². The van der Waals surface area contributed by atoms with E-state index in [2.05, 4.69) is 0 Å². The lowest BCUT2D eigenvalue weighted by atomic mass is 10.0. The van der Waals surface area contributed by atoms with Crippen LogP contribution >= 0.6 is 0 Å². The molecule has 1 fully saturated rings. The molecule has 1 aromatic heterocycles. The van der Waals surface area contributed by atoms with Crippen molar-refractivity contribution < 1.29 is 20.1 Å². The van der Waals surface area contributed by atoms with E-state index in [0.29, 0.717) is 0 Å². The zero-order valence-corrected chi connectivity index (χ0v) is 10.6. The van der Waals surface area contributed by atoms with Gasteiger partial charge in [-0.15, -0.1) is 0 Å². The largest absolute Gasteiger partial charge is 0.394 e. The molecule has 1 aromatic rings. The van der Waals surface area contributed by atoms with Crippen molar-refractivity contribution in [1.82, 2.24) is 9.13 Å². The number of ether oxygens (including phenoxy) is 1. The second-order valence-corrected chi connectivity index (χ2v) is 4.60. The van der Waals surface area contributed by atoms with Gasteiger partial charge in [0.25, 0.3) is 5.56 Å². The van der Waals surface area contributed by atoms with E-state index < -0.39 is 42.3 Å². The molecule has 3 N–H and O–H groups in total. The Morgan fingerprint density at radius 3 is 2.42 bits per heavy atom. The molecule has 0 saturated carbocycles. The second kappa shape index (κ2) is 4.89. The van der Waals surface area contributed by atoms with E-state index in [1.165, 1.54) is 24.9 Å². The summed E-state index contributed by atoms with van der Waals surface area (Å²) in [5.41, 5.74) is -1.04. The summed E-state index contributed by atoms with van der Waals surface area (Å²) in [4.78, 5) is 23.5. The van der Waals surface area contributed by atoms with Gasteiger partial charge in [-0.05, 0) is 0 Å². The van der Waals surface area contributed by atoms with Crippen LogP contribution in [0, 0.1) is 0 Å². The van der Waals surface area contributed by atoms with E-state index in [0.717, 1.165) is 4.57 Å². The van der Waals surface area contributed by atoms with Crippen LogP contribution in [0.4, 0.5) is 0 Å². The molecule has 1 saturated heterocycles. The van der Waals surface area contributed by atoms with Crippen LogP contribution < -0.4 is 11.2 Å². The van der Waals surface area contributed by atoms with Crippen molar-refractivity contribution in [2.24, 2.45) is 14.1 Å². The highest BCUT2D eigenvalue weighted by atomic mass is 16.6. The quantitative estimate of drug-likeness (QED) is 0.537. The van der Waals surface area contributed by atoms with Crippen molar-refractivity contribution in [3.8, 4) is 0 Å². The lowest BCUT2D eigenvalue weighted by Gasteiger charge is -2.15. The fourth-order valence-electron chi connectivity index (χ4n) is 2.19. The SMILES string of the molecule is Cn1cc([C@@H]2O[C@H](CO)[C@@H](O)[C@H]2O)c(=O)n(C)c1=O. The molecule has 0 radical (unpaired) electrons. The monoisotopic (exact) mass is 272 g/mol. The molecule has 8 heteroatoms. The Morgan fingerprint density at radius 2 is 1.89 bits per heavy atom. The van der Waals surface area contributed by atoms with Gasteiger partial charge in [0.1, 0.15) is 24.4 Å². The van der Waals surface area contributed by atoms with Gasteiger partial charge < -0.3 is 24.6 Å². The van der Waals surface area contributed by atoms with Crippen molar-refractivity contribution >= 4 is 0 Å². The Balaban J connectivity index is 2.50. The first-order valence-electron chi connectivity index (χ1n) is 5.77. The molecule has 0 bridgehead atoms. The minimum Gasteiger partial charge on any atom is -0.394 e. The predicted octanol–water partition coefficient (Wildman–Crippen LogP) is -2.76. The average Bonchev–Trinajstić information content (AvgIpc) is 2.68. The smallest absolute Gasteiger partial charge is 0.330 e. The minimum atomic E-state index is -1.33. The maximum absolute atomic E-state index is 12.0. The van der Waals surface area contributed by atoms with Gasteiger partial charge >= 0.3 is 5.69 Å². The van der Waals surface area contributed by atoms with E-state index in [9.17, 15) is 19.8 Å². The zero-order valence-electron chi connectivity index (χ0n) is 10.6. The highest BCUT2D eigenvalue weighted by Crippen LogP contribution is 2.31. The first-order valence-corrected chi connectivity index (χ1v) is 5.77. The van der Waals surface area contributed by atoms with E-state index in [-0.39, 0.29) is 5.56 Å². The van der Waals surface area contributed by atoms with E-state index in [1.54, 1.807) is 0 Å². The summed E-state index contributed by atoms with van der Waals surface area (Å²) in [5, 5.41) is 28.5. The van der Waals surface area contributed by atoms with Crippen LogP contribution in [0.3, 0.4) is 0 Å². The van der Waals surface area contributed by atoms with Crippen molar-refractivity contribution in [2.45, 2.75) is 24.4 Å². The highest BCUT2D eigenvalue weighted by Gasteiger charge is 2.44. The summed E-state index contributed by atoms with van der Waals surface area (Å²) < 4.78 is 7.35. The summed E-state index contributed by atoms with van der Waals surface area (Å²) in [6, 6.07) is 0. The van der Waals surface area contributed by atoms with Crippen LogP contribution in [-0.4, -0.2) is 49.4 Å². The molecule has 0 aliphatic carbocycles. The molecular formula is C11H16N2O6. The minimum absolute atomic E-state index is 0.0621. The maximum atomic E-state index is 12.0. The van der Waals surface area contributed by atoms with Crippen LogP contribution in [0.2, 0.25) is 0 Å². The predicted molar refractivity (Wildman–Crippen MR) is 63.6 cm³/mol. The fraction of sp³-hybridized carbons (Fsp3) is 0.636. The van der Waals surface area contributed by atoms with Crippen molar-refractivity contribution in [3.05, 3.63) is 32.6 Å². The summed E-state index contributed by atoms with van der Waals surface area (Å²) >= 11 is 0. The fourth-order valence-corrected chi connectivity index (χ4v) is 2.19. The van der Waals surface area contributed by atoms with Gasteiger partial charge in [0.15, 0.2) is 0 Å². The number of aromatic nitrogens is 2. The molecule has 1 aliphatic heterocycles. The van der Waals surface area contributed by atoms with E-state index in [1.807, 2.05) is 0 Å². The topological polar surface area (TPSA) is 114 Å². The molecule has 19 heavy (non-hydrogen) atoms. The van der Waals surface area contributed by atoms with Crippen LogP contribution in [0.1, 0.15) is 11.7 Å². The molecular weight excluding hydrogens is 256 g/mol. The third-order valence-electron chi connectivity index (χ3n) is 3.32. The standard InChI is InChI=1S/C11H16N2O6/c1-12-3-5(10(17)13(2)11(12)18)9-8(16)7(15)6(4-14)19-9/h3,6-9,14-16H,4H2,1-2H3/t6-,7-,8-,9+/m1/s1. The van der Waals surface area contributed by atoms with Gasteiger partial charge in [0.2, 0.25) is 0 Å². The summed E-state index contributed by atoms with van der Waals surface area (Å²) in [5.74, 6) is 0. The van der Waals surface area contributed by atoms with Gasteiger partial charge in [0.05, 0.1) is 12.2 Å². The Bertz CT molecular complexity index is 592. The number of aliphatic hydroxyl groups is 3. The maximum Gasteiger partial charge on any atom is 0.330 e. The molecule has 2 rings (SSSR count). The summed E-state index contributed by atoms with van der Waals surface area (Å²) in [6.07, 6.45) is -3.37. The number of aliphatic hydroxyl groups excluding tert-OH is 3. The molecule has 8 nitrogen and oxygen atoms in total. The number of rotatable bonds is 2. The average molecular weight is 272 g/mol. The normalized spacial score (nSPS) is 30.8. The first-order chi connectivity index (χ1) is 8.88. The van der Waals surface area contributed by atoms with Gasteiger partial charge in [0, 0.05) is 20.3 Å². The van der Waals surface area contributed by atoms with Crippen LogP contribution in [0.5, 0.6) is 0 Å². The molecule has 0 spiro atoms. The number of hydrogen-bond donors (Lipinski definition) is 3. The lowest BCUT2D eigenvalue weighted by molar-refractivity contribution is -0.0234. The van der Waals surface area contributed by atoms with Crippen molar-refractivity contribution in [1.29, 1.82) is 0 Å². The van der Waals surface area contributed by atoms with E-state index >= 15 is 0 Å². The number of nitrogens with zero attached hydrogens (tertiary/aromatic N) is 2. The summed E-state index contributed by atoms with van der Waals surface area (Å²) in [6.45, 7) is -0.471. The molecule has 0 unspecified atom stereocenters. The van der Waals surface area contributed by atoms with Gasteiger partial charge in [-0.3, -0.25) is 9.36 Å². The van der Waals surface area contributed by atoms with Crippen LogP contribution in [-0.2, 0) is 18.8 Å². The van der Waals surface area contributed by atoms with Gasteiger partial charge in [-0.2, -0.15) is 0 Å². The lowest BCUT2D eigenvalue weighted by Crippen LogP contribution is -2.40. The Morgan fingerprint density at radius 1 is 1.26 bits per heavy atom. The number of aryl methyl sites for hydroxylation is 1. The van der Waals surface area contributed by atoms with Crippen molar-refractivity contribution in [2.75, 3.05) is 6.61 Å². The van der Waals surface area contributed by atoms with Crippen LogP contribution in [0.15, 0.2) is 15.8 Å². The third-order valence-corrected chi connectivity index (χ3v) is 3.32. The first kappa shape index (κ1) is 13.9. The second-order valence-electron chi connectivity index (χ2n) is 4.60.